The van der Waals surface area contributed by atoms with E-state index in [9.17, 15) is 0 Å². The third-order valence-corrected chi connectivity index (χ3v) is 19.4. The van der Waals surface area contributed by atoms with Gasteiger partial charge in [0.15, 0.2) is 0 Å². The highest BCUT2D eigenvalue weighted by atomic mass is 15.3. The fourth-order valence-electron chi connectivity index (χ4n) is 15.5. The largest absolute Gasteiger partial charge is 0.334 e. The molecule has 0 amide bonds. The number of anilines is 7. The second-order valence-electron chi connectivity index (χ2n) is 26.2. The van der Waals surface area contributed by atoms with Crippen LogP contribution in [0.15, 0.2) is 146 Å². The summed E-state index contributed by atoms with van der Waals surface area (Å²) in [5.74, 6) is 0. The lowest BCUT2D eigenvalue weighted by Crippen LogP contribution is -2.64. The molecule has 4 heterocycles. The normalized spacial score (nSPS) is 24.7. The van der Waals surface area contributed by atoms with Crippen LogP contribution < -0.4 is 31.1 Å². The maximum absolute atomic E-state index is 2.90. The monoisotopic (exact) mass is 930 g/mol. The topological polar surface area (TPSA) is 9.72 Å². The SMILES string of the molecule is CC(C)(C)c1cccc(N2c3cc(C(C)(C)C)ccc3B3c4cccc5c4N(c4cc(N6c7ccc(C(C)(C)C)cc7C7(c8ccccc8)CCCCC67C)cc2c43)C2(C)c3ccccc3CCC52C)c1. The molecule has 0 saturated heterocycles. The quantitative estimate of drug-likeness (QED) is 0.164. The number of nitrogens with zero attached hydrogens (tertiary/aromatic N) is 3. The molecule has 13 rings (SSSR count). The molecular weight excluding hydrogens is 858 g/mol. The van der Waals surface area contributed by atoms with Crippen molar-refractivity contribution in [2.45, 2.75) is 160 Å². The Hall–Kier alpha value is -6.00. The fourth-order valence-corrected chi connectivity index (χ4v) is 15.5. The van der Waals surface area contributed by atoms with E-state index in [-0.39, 0.29) is 44.9 Å². The summed E-state index contributed by atoms with van der Waals surface area (Å²) < 4.78 is 0. The van der Waals surface area contributed by atoms with Crippen LogP contribution in [-0.2, 0) is 39.0 Å². The molecule has 7 aromatic carbocycles. The minimum absolute atomic E-state index is 0.0109. The van der Waals surface area contributed by atoms with E-state index in [0.717, 1.165) is 25.7 Å². The van der Waals surface area contributed by atoms with E-state index in [4.69, 9.17) is 0 Å². The third-order valence-electron chi connectivity index (χ3n) is 19.4. The molecule has 0 spiro atoms. The first-order valence-electron chi connectivity index (χ1n) is 27.0. The first-order valence-corrected chi connectivity index (χ1v) is 27.0. The van der Waals surface area contributed by atoms with Crippen molar-refractivity contribution in [2.75, 3.05) is 14.7 Å². The molecule has 1 fully saturated rings. The van der Waals surface area contributed by atoms with Crippen LogP contribution >= 0.6 is 0 Å². The van der Waals surface area contributed by atoms with Crippen LogP contribution in [0.1, 0.15) is 160 Å². The highest BCUT2D eigenvalue weighted by molar-refractivity contribution is 7.00. The van der Waals surface area contributed by atoms with Crippen molar-refractivity contribution in [2.24, 2.45) is 0 Å². The fraction of sp³-hybridized carbons (Fsp3) is 0.373. The van der Waals surface area contributed by atoms with Crippen LogP contribution in [0, 0.1) is 0 Å². The molecule has 0 bridgehead atoms. The molecule has 358 valence electrons. The van der Waals surface area contributed by atoms with Crippen molar-refractivity contribution in [3.8, 4) is 0 Å². The van der Waals surface area contributed by atoms with Gasteiger partial charge in [-0.3, -0.25) is 0 Å². The molecule has 71 heavy (non-hydrogen) atoms. The summed E-state index contributed by atoms with van der Waals surface area (Å²) >= 11 is 0. The van der Waals surface area contributed by atoms with Gasteiger partial charge in [0.25, 0.3) is 6.71 Å². The van der Waals surface area contributed by atoms with Crippen LogP contribution in [0.2, 0.25) is 0 Å². The van der Waals surface area contributed by atoms with Crippen molar-refractivity contribution in [3.05, 3.63) is 190 Å². The van der Waals surface area contributed by atoms with Gasteiger partial charge in [-0.25, -0.2) is 0 Å². The van der Waals surface area contributed by atoms with Gasteiger partial charge < -0.3 is 14.7 Å². The van der Waals surface area contributed by atoms with Crippen LogP contribution in [0.5, 0.6) is 0 Å². The van der Waals surface area contributed by atoms with Gasteiger partial charge in [0.05, 0.1) is 11.1 Å². The van der Waals surface area contributed by atoms with Gasteiger partial charge in [0.2, 0.25) is 0 Å². The standard InChI is InChI=1S/C67H72BN3/c1-61(2,3)45-25-20-26-48(38-45)69-56-40-47(63(7,8)9)30-32-53(56)68-54-29-21-28-51-60(54)71(66(12)50-27-17-16-22-43(50)34-37-64(51,66)10)58-42-49(41-57(69)59(58)68)70-55-33-31-46(62(4,5)6)39-52(55)67(44-23-14-13-15-24-44)36-19-18-35-65(67,70)11/h13-17,20-33,38-42H,18-19,34-37H2,1-12H3. The molecule has 0 aromatic heterocycles. The number of hydrogen-bond acceptors (Lipinski definition) is 3. The van der Waals surface area contributed by atoms with Crippen LogP contribution in [0.3, 0.4) is 0 Å². The summed E-state index contributed by atoms with van der Waals surface area (Å²) in [5.41, 5.74) is 24.1. The van der Waals surface area contributed by atoms with Gasteiger partial charge in [-0.15, -0.1) is 0 Å². The Kier molecular flexibility index (Phi) is 9.22. The maximum atomic E-state index is 2.90. The Morgan fingerprint density at radius 1 is 0.465 bits per heavy atom. The Morgan fingerprint density at radius 2 is 1.11 bits per heavy atom. The lowest BCUT2D eigenvalue weighted by molar-refractivity contribution is 0.215. The van der Waals surface area contributed by atoms with Gasteiger partial charge >= 0.3 is 0 Å². The third kappa shape index (κ3) is 5.80. The van der Waals surface area contributed by atoms with Gasteiger partial charge in [0, 0.05) is 50.6 Å². The smallest absolute Gasteiger partial charge is 0.252 e. The highest BCUT2D eigenvalue weighted by Gasteiger charge is 2.65. The van der Waals surface area contributed by atoms with E-state index in [2.05, 4.69) is 243 Å². The first kappa shape index (κ1) is 44.9. The molecule has 0 radical (unpaired) electrons. The summed E-state index contributed by atoms with van der Waals surface area (Å²) in [4.78, 5) is 8.48. The van der Waals surface area contributed by atoms with E-state index in [1.807, 2.05) is 0 Å². The zero-order chi connectivity index (χ0) is 49.4. The van der Waals surface area contributed by atoms with Crippen LogP contribution in [-0.4, -0.2) is 12.3 Å². The first-order chi connectivity index (χ1) is 33.7. The zero-order valence-corrected chi connectivity index (χ0v) is 44.5. The average Bonchev–Trinajstić information content (AvgIpc) is 3.72. The van der Waals surface area contributed by atoms with Crippen LogP contribution in [0.25, 0.3) is 0 Å². The second kappa shape index (κ2) is 14.6. The van der Waals surface area contributed by atoms with Crippen LogP contribution in [0.4, 0.5) is 39.8 Å². The average molecular weight is 930 g/mol. The number of aryl methyl sites for hydroxylation is 1. The molecule has 6 aliphatic rings. The second-order valence-corrected chi connectivity index (χ2v) is 26.2. The van der Waals surface area contributed by atoms with Gasteiger partial charge in [-0.05, 0) is 153 Å². The number of fused-ring (bicyclic) bond motifs is 12. The predicted octanol–water partition coefficient (Wildman–Crippen LogP) is 15.2. The van der Waals surface area contributed by atoms with E-state index in [1.54, 1.807) is 0 Å². The lowest BCUT2D eigenvalue weighted by atomic mass is 9.33. The summed E-state index contributed by atoms with van der Waals surface area (Å²) in [5, 5.41) is 0. The van der Waals surface area contributed by atoms with Crippen molar-refractivity contribution in [1.82, 2.24) is 0 Å². The lowest BCUT2D eigenvalue weighted by Gasteiger charge is -2.54. The van der Waals surface area contributed by atoms with Crippen molar-refractivity contribution < 1.29 is 0 Å². The minimum Gasteiger partial charge on any atom is -0.334 e. The molecule has 1 saturated carbocycles. The molecule has 4 aliphatic heterocycles. The summed E-state index contributed by atoms with van der Waals surface area (Å²) in [6, 6.07) is 58.5. The van der Waals surface area contributed by atoms with Gasteiger partial charge in [-0.1, -0.05) is 191 Å². The van der Waals surface area contributed by atoms with E-state index < -0.39 is 0 Å². The Bertz CT molecular complexity index is 3370. The maximum Gasteiger partial charge on any atom is 0.252 e. The molecule has 4 atom stereocenters. The van der Waals surface area contributed by atoms with E-state index in [1.165, 1.54) is 114 Å². The molecule has 7 aromatic rings. The molecular formula is C67H72BN3. The molecule has 2 aliphatic carbocycles. The molecule has 4 unspecified atom stereocenters. The molecule has 0 N–H and O–H groups in total. The van der Waals surface area contributed by atoms with Crippen molar-refractivity contribution in [3.63, 3.8) is 0 Å². The Morgan fingerprint density at radius 3 is 1.87 bits per heavy atom. The number of rotatable bonds is 3. The minimum atomic E-state index is -0.335. The zero-order valence-electron chi connectivity index (χ0n) is 44.5. The van der Waals surface area contributed by atoms with E-state index >= 15 is 0 Å². The van der Waals surface area contributed by atoms with E-state index in [0.29, 0.717) is 0 Å². The summed E-state index contributed by atoms with van der Waals surface area (Å²) in [6.07, 6.45) is 6.82. The Labute approximate surface area is 425 Å². The highest BCUT2D eigenvalue weighted by Crippen LogP contribution is 2.67. The van der Waals surface area contributed by atoms with Crippen molar-refractivity contribution >= 4 is 62.9 Å². The van der Waals surface area contributed by atoms with Crippen molar-refractivity contribution in [1.29, 1.82) is 0 Å². The number of benzene rings is 7. The number of para-hydroxylation sites is 1. The van der Waals surface area contributed by atoms with Gasteiger partial charge in [0.1, 0.15) is 0 Å². The molecule has 4 heteroatoms. The molecule has 3 nitrogen and oxygen atoms in total. The summed E-state index contributed by atoms with van der Waals surface area (Å²) in [6.45, 7) is 29.2. The summed E-state index contributed by atoms with van der Waals surface area (Å²) in [7, 11) is 0. The predicted molar refractivity (Wildman–Crippen MR) is 303 cm³/mol. The Balaban J connectivity index is 1.18. The number of hydrogen-bond donors (Lipinski definition) is 0. The van der Waals surface area contributed by atoms with Gasteiger partial charge in [-0.2, -0.15) is 0 Å².